The van der Waals surface area contributed by atoms with Crippen molar-refractivity contribution in [3.05, 3.63) is 18.1 Å². The smallest absolute Gasteiger partial charge is 0.271 e. The Hall–Kier alpha value is -1.65. The van der Waals surface area contributed by atoms with Gasteiger partial charge >= 0.3 is 0 Å². The van der Waals surface area contributed by atoms with Crippen molar-refractivity contribution >= 4 is 11.7 Å². The molecule has 0 saturated carbocycles. The second-order valence-corrected chi connectivity index (χ2v) is 4.41. The molecule has 3 N–H and O–H groups in total. The Morgan fingerprint density at radius 3 is 2.62 bits per heavy atom. The highest BCUT2D eigenvalue weighted by molar-refractivity contribution is 5.92. The van der Waals surface area contributed by atoms with E-state index in [-0.39, 0.29) is 11.4 Å². The van der Waals surface area contributed by atoms with Gasteiger partial charge in [0.15, 0.2) is 0 Å². The van der Waals surface area contributed by atoms with Crippen LogP contribution in [0.2, 0.25) is 0 Å². The molecule has 5 heteroatoms. The number of nitrogen functional groups attached to an aromatic ring is 1. The molecule has 0 saturated heterocycles. The molecule has 0 aliphatic heterocycles. The summed E-state index contributed by atoms with van der Waals surface area (Å²) in [6.07, 6.45) is 4.69. The molecule has 1 heterocycles. The quantitative estimate of drug-likeness (QED) is 0.806. The van der Waals surface area contributed by atoms with Crippen molar-refractivity contribution in [2.45, 2.75) is 39.2 Å². The molecule has 16 heavy (non-hydrogen) atoms. The van der Waals surface area contributed by atoms with Gasteiger partial charge in [-0.25, -0.2) is 9.97 Å². The molecule has 0 aliphatic carbocycles. The summed E-state index contributed by atoms with van der Waals surface area (Å²) < 4.78 is 0. The van der Waals surface area contributed by atoms with Crippen LogP contribution in [0.3, 0.4) is 0 Å². The fourth-order valence-corrected chi connectivity index (χ4v) is 1.51. The van der Waals surface area contributed by atoms with E-state index in [1.807, 2.05) is 13.8 Å². The highest BCUT2D eigenvalue weighted by Gasteiger charge is 2.20. The van der Waals surface area contributed by atoms with E-state index < -0.39 is 0 Å². The molecule has 0 aromatic carbocycles. The summed E-state index contributed by atoms with van der Waals surface area (Å²) in [7, 11) is 0. The van der Waals surface area contributed by atoms with Gasteiger partial charge in [-0.3, -0.25) is 4.79 Å². The topological polar surface area (TPSA) is 80.9 Å². The number of anilines is 1. The molecular weight excluding hydrogens is 204 g/mol. The van der Waals surface area contributed by atoms with Gasteiger partial charge in [-0.2, -0.15) is 0 Å². The number of rotatable bonds is 4. The predicted molar refractivity (Wildman–Crippen MR) is 62.9 cm³/mol. The molecule has 0 radical (unpaired) electrons. The maximum absolute atomic E-state index is 11.8. The van der Waals surface area contributed by atoms with E-state index in [4.69, 9.17) is 5.73 Å². The number of nitrogens with one attached hydrogen (secondary N) is 1. The summed E-state index contributed by atoms with van der Waals surface area (Å²) in [5, 5.41) is 2.91. The average molecular weight is 222 g/mol. The number of amides is 1. The van der Waals surface area contributed by atoms with Crippen LogP contribution in [0.25, 0.3) is 0 Å². The van der Waals surface area contributed by atoms with Crippen LogP contribution < -0.4 is 11.1 Å². The largest absolute Gasteiger partial charge is 0.382 e. The second-order valence-electron chi connectivity index (χ2n) is 4.41. The number of carbonyl (C=O) groups excluding carboxylic acids is 1. The van der Waals surface area contributed by atoms with Gasteiger partial charge < -0.3 is 11.1 Å². The number of aromatic nitrogens is 2. The molecule has 1 aromatic heterocycles. The lowest BCUT2D eigenvalue weighted by atomic mass is 9.99. The summed E-state index contributed by atoms with van der Waals surface area (Å²) in [6.45, 7) is 6.05. The molecule has 88 valence electrons. The Bertz CT molecular complexity index is 359. The number of nitrogens with zero attached hydrogens (tertiary/aromatic N) is 2. The first-order chi connectivity index (χ1) is 7.44. The van der Waals surface area contributed by atoms with E-state index in [2.05, 4.69) is 22.2 Å². The molecule has 1 aromatic rings. The van der Waals surface area contributed by atoms with E-state index in [1.165, 1.54) is 12.4 Å². The van der Waals surface area contributed by atoms with Crippen LogP contribution in [0, 0.1) is 0 Å². The first kappa shape index (κ1) is 12.4. The van der Waals surface area contributed by atoms with E-state index in [9.17, 15) is 4.79 Å². The van der Waals surface area contributed by atoms with Crippen molar-refractivity contribution in [2.75, 3.05) is 5.73 Å². The van der Waals surface area contributed by atoms with Gasteiger partial charge in [-0.15, -0.1) is 0 Å². The Labute approximate surface area is 95.5 Å². The number of nitrogens with two attached hydrogens (primary N) is 1. The Morgan fingerprint density at radius 1 is 1.44 bits per heavy atom. The Morgan fingerprint density at radius 2 is 2.12 bits per heavy atom. The summed E-state index contributed by atoms with van der Waals surface area (Å²) in [4.78, 5) is 19.5. The van der Waals surface area contributed by atoms with Gasteiger partial charge in [0.1, 0.15) is 11.5 Å². The third-order valence-corrected chi connectivity index (χ3v) is 2.23. The fraction of sp³-hybridized carbons (Fsp3) is 0.545. The van der Waals surface area contributed by atoms with Crippen molar-refractivity contribution < 1.29 is 4.79 Å². The molecule has 0 spiro atoms. The average Bonchev–Trinajstić information content (AvgIpc) is 2.17. The Balaban J connectivity index is 2.69. The van der Waals surface area contributed by atoms with Crippen LogP contribution in [0.15, 0.2) is 12.4 Å². The molecule has 5 nitrogen and oxygen atoms in total. The third-order valence-electron chi connectivity index (χ3n) is 2.23. The van der Waals surface area contributed by atoms with Crippen LogP contribution in [0.5, 0.6) is 0 Å². The fourth-order valence-electron chi connectivity index (χ4n) is 1.51. The summed E-state index contributed by atoms with van der Waals surface area (Å²) in [5.74, 6) is 0.0929. The maximum Gasteiger partial charge on any atom is 0.271 e. The molecule has 1 rings (SSSR count). The summed E-state index contributed by atoms with van der Waals surface area (Å²) >= 11 is 0. The monoisotopic (exact) mass is 222 g/mol. The molecule has 0 unspecified atom stereocenters. The standard InChI is InChI=1S/C11H18N4O/c1-4-5-11(2,3)15-10(16)8-6-14-9(12)7-13-8/h6-7H,4-5H2,1-3H3,(H2,12,14)(H,15,16). The molecule has 0 fully saturated rings. The minimum atomic E-state index is -0.227. The maximum atomic E-state index is 11.8. The zero-order valence-electron chi connectivity index (χ0n) is 9.95. The van der Waals surface area contributed by atoms with Crippen molar-refractivity contribution in [1.82, 2.24) is 15.3 Å². The number of hydrogen-bond acceptors (Lipinski definition) is 4. The summed E-state index contributed by atoms with van der Waals surface area (Å²) in [5.41, 5.74) is 5.46. The second kappa shape index (κ2) is 4.92. The zero-order valence-corrected chi connectivity index (χ0v) is 9.95. The van der Waals surface area contributed by atoms with E-state index in [1.54, 1.807) is 0 Å². The van der Waals surface area contributed by atoms with Crippen LogP contribution in [-0.4, -0.2) is 21.4 Å². The molecule has 0 atom stereocenters. The van der Waals surface area contributed by atoms with Gasteiger partial charge in [-0.05, 0) is 20.3 Å². The zero-order chi connectivity index (χ0) is 12.2. The van der Waals surface area contributed by atoms with Crippen molar-refractivity contribution in [3.63, 3.8) is 0 Å². The molecular formula is C11H18N4O. The first-order valence-electron chi connectivity index (χ1n) is 5.34. The molecule has 0 bridgehead atoms. The van der Waals surface area contributed by atoms with Gasteiger partial charge in [-0.1, -0.05) is 13.3 Å². The van der Waals surface area contributed by atoms with Crippen molar-refractivity contribution in [3.8, 4) is 0 Å². The lowest BCUT2D eigenvalue weighted by Crippen LogP contribution is -2.43. The number of hydrogen-bond donors (Lipinski definition) is 2. The third kappa shape index (κ3) is 3.49. The first-order valence-corrected chi connectivity index (χ1v) is 5.34. The molecule has 1 amide bonds. The highest BCUT2D eigenvalue weighted by atomic mass is 16.2. The summed E-state index contributed by atoms with van der Waals surface area (Å²) in [6, 6.07) is 0. The van der Waals surface area contributed by atoms with Gasteiger partial charge in [0, 0.05) is 5.54 Å². The highest BCUT2D eigenvalue weighted by Crippen LogP contribution is 2.11. The minimum absolute atomic E-state index is 0.217. The lowest BCUT2D eigenvalue weighted by Gasteiger charge is -2.25. The normalized spacial score (nSPS) is 11.2. The minimum Gasteiger partial charge on any atom is -0.382 e. The predicted octanol–water partition coefficient (Wildman–Crippen LogP) is 1.37. The lowest BCUT2D eigenvalue weighted by molar-refractivity contribution is 0.0903. The van der Waals surface area contributed by atoms with Crippen molar-refractivity contribution in [2.24, 2.45) is 0 Å². The van der Waals surface area contributed by atoms with Gasteiger partial charge in [0.05, 0.1) is 12.4 Å². The van der Waals surface area contributed by atoms with Crippen molar-refractivity contribution in [1.29, 1.82) is 0 Å². The van der Waals surface area contributed by atoms with Crippen LogP contribution in [0.1, 0.15) is 44.1 Å². The van der Waals surface area contributed by atoms with E-state index in [0.717, 1.165) is 12.8 Å². The van der Waals surface area contributed by atoms with E-state index in [0.29, 0.717) is 11.5 Å². The van der Waals surface area contributed by atoms with E-state index >= 15 is 0 Å². The van der Waals surface area contributed by atoms with Crippen LogP contribution >= 0.6 is 0 Å². The number of carbonyl (C=O) groups is 1. The SMILES string of the molecule is CCCC(C)(C)NC(=O)c1cnc(N)cn1. The van der Waals surface area contributed by atoms with Gasteiger partial charge in [0.25, 0.3) is 5.91 Å². The van der Waals surface area contributed by atoms with Crippen LogP contribution in [0.4, 0.5) is 5.82 Å². The van der Waals surface area contributed by atoms with Crippen LogP contribution in [-0.2, 0) is 0 Å². The Kier molecular flexibility index (Phi) is 3.82. The molecule has 0 aliphatic rings. The van der Waals surface area contributed by atoms with Gasteiger partial charge in [0.2, 0.25) is 0 Å².